The number of para-hydroxylation sites is 3. The van der Waals surface area contributed by atoms with Crippen LogP contribution in [0.1, 0.15) is 0 Å². The van der Waals surface area contributed by atoms with Crippen molar-refractivity contribution in [3.63, 3.8) is 0 Å². The minimum absolute atomic E-state index is 0.877. The molecule has 2 aromatic heterocycles. The molecule has 286 valence electrons. The van der Waals surface area contributed by atoms with Crippen molar-refractivity contribution in [1.82, 2.24) is 4.57 Å². The molecule has 12 aromatic rings. The molecule has 3 nitrogen and oxygen atoms in total. The molecule has 2 heterocycles. The number of hydrogen-bond donors (Lipinski definition) is 0. The Bertz CT molecular complexity index is 3580. The van der Waals surface area contributed by atoms with Crippen molar-refractivity contribution in [3.8, 4) is 39.1 Å². The molecule has 0 saturated heterocycles. The topological polar surface area (TPSA) is 21.3 Å². The molecule has 0 aliphatic carbocycles. The molecule has 3 heteroatoms. The maximum Gasteiger partial charge on any atom is 0.135 e. The first-order chi connectivity index (χ1) is 30.2. The molecule has 0 unspecified atom stereocenters. The standard InChI is InChI=1S/C58H38N2O/c1-4-15-39(16-5-1)48-33-31-46(37-52(48)40-17-6-2-7-18-40)59(47-32-34-57-53(38-47)50-21-11-13-26-56(50)61-57)45-30-29-41-35-43(28-27-42(41)36-45)49-23-14-25-55-58(49)51-22-10-12-24-54(51)60(55)44-19-8-3-9-20-44/h1-38H. The van der Waals surface area contributed by atoms with E-state index in [1.165, 1.54) is 66.0 Å². The van der Waals surface area contributed by atoms with Crippen molar-refractivity contribution in [2.45, 2.75) is 0 Å². The molecule has 0 bridgehead atoms. The van der Waals surface area contributed by atoms with Crippen LogP contribution in [0.3, 0.4) is 0 Å². The molecule has 10 aromatic carbocycles. The summed E-state index contributed by atoms with van der Waals surface area (Å²) in [6.45, 7) is 0. The molecular formula is C58H38N2O. The van der Waals surface area contributed by atoms with E-state index >= 15 is 0 Å². The van der Waals surface area contributed by atoms with Crippen LogP contribution in [0.4, 0.5) is 17.1 Å². The van der Waals surface area contributed by atoms with Crippen LogP contribution >= 0.6 is 0 Å². The van der Waals surface area contributed by atoms with Crippen LogP contribution in [0.2, 0.25) is 0 Å². The molecule has 0 aliphatic rings. The van der Waals surface area contributed by atoms with Crippen LogP contribution < -0.4 is 4.90 Å². The maximum atomic E-state index is 6.30. The smallest absolute Gasteiger partial charge is 0.135 e. The molecule has 0 saturated carbocycles. The fourth-order valence-corrected chi connectivity index (χ4v) is 9.35. The highest BCUT2D eigenvalue weighted by atomic mass is 16.3. The van der Waals surface area contributed by atoms with Crippen LogP contribution in [0.25, 0.3) is 93.6 Å². The second kappa shape index (κ2) is 14.3. The first kappa shape index (κ1) is 34.9. The lowest BCUT2D eigenvalue weighted by molar-refractivity contribution is 0.669. The van der Waals surface area contributed by atoms with E-state index in [1.54, 1.807) is 0 Å². The minimum atomic E-state index is 0.877. The summed E-state index contributed by atoms with van der Waals surface area (Å²) in [5, 5.41) is 7.07. The van der Waals surface area contributed by atoms with Gasteiger partial charge in [0.05, 0.1) is 11.0 Å². The van der Waals surface area contributed by atoms with E-state index < -0.39 is 0 Å². The molecule has 0 spiro atoms. The fraction of sp³-hybridized carbons (Fsp3) is 0. The Kier molecular flexibility index (Phi) is 8.17. The normalized spacial score (nSPS) is 11.6. The predicted octanol–water partition coefficient (Wildman–Crippen LogP) is 16.3. The predicted molar refractivity (Wildman–Crippen MR) is 257 cm³/mol. The number of fused-ring (bicyclic) bond motifs is 7. The Morgan fingerprint density at radius 1 is 0.328 bits per heavy atom. The summed E-state index contributed by atoms with van der Waals surface area (Å²) >= 11 is 0. The van der Waals surface area contributed by atoms with Crippen molar-refractivity contribution in [2.75, 3.05) is 4.90 Å². The number of aromatic nitrogens is 1. The minimum Gasteiger partial charge on any atom is -0.456 e. The van der Waals surface area contributed by atoms with Crippen molar-refractivity contribution < 1.29 is 4.42 Å². The van der Waals surface area contributed by atoms with Crippen LogP contribution in [0, 0.1) is 0 Å². The number of benzene rings is 10. The SMILES string of the molecule is c1ccc(-c2ccc(N(c3ccc4cc(-c5cccc6c5c5ccccc5n6-c5ccccc5)ccc4c3)c3ccc4oc5ccccc5c4c3)cc2-c2ccccc2)cc1. The van der Waals surface area contributed by atoms with Gasteiger partial charge in [-0.3, -0.25) is 0 Å². The second-order valence-corrected chi connectivity index (χ2v) is 15.7. The summed E-state index contributed by atoms with van der Waals surface area (Å²) in [7, 11) is 0. The lowest BCUT2D eigenvalue weighted by Gasteiger charge is -2.27. The van der Waals surface area contributed by atoms with Gasteiger partial charge in [-0.05, 0) is 123 Å². The van der Waals surface area contributed by atoms with E-state index in [2.05, 4.69) is 228 Å². The van der Waals surface area contributed by atoms with Crippen molar-refractivity contribution in [2.24, 2.45) is 0 Å². The van der Waals surface area contributed by atoms with Gasteiger partial charge in [-0.15, -0.1) is 0 Å². The molecular weight excluding hydrogens is 741 g/mol. The summed E-state index contributed by atoms with van der Waals surface area (Å²) in [4.78, 5) is 2.38. The fourth-order valence-electron chi connectivity index (χ4n) is 9.35. The molecule has 12 rings (SSSR count). The van der Waals surface area contributed by atoms with Gasteiger partial charge in [-0.25, -0.2) is 0 Å². The first-order valence-electron chi connectivity index (χ1n) is 20.8. The molecule has 0 radical (unpaired) electrons. The van der Waals surface area contributed by atoms with Gasteiger partial charge in [0.1, 0.15) is 11.2 Å². The van der Waals surface area contributed by atoms with Crippen molar-refractivity contribution in [1.29, 1.82) is 0 Å². The van der Waals surface area contributed by atoms with E-state index in [9.17, 15) is 0 Å². The van der Waals surface area contributed by atoms with Gasteiger partial charge in [0, 0.05) is 44.3 Å². The van der Waals surface area contributed by atoms with Crippen LogP contribution in [0.15, 0.2) is 235 Å². The quantitative estimate of drug-likeness (QED) is 0.161. The molecule has 0 atom stereocenters. The summed E-state index contributed by atoms with van der Waals surface area (Å²) in [5.41, 5.74) is 15.7. The molecule has 0 amide bonds. The number of hydrogen-bond acceptors (Lipinski definition) is 2. The highest BCUT2D eigenvalue weighted by Gasteiger charge is 2.20. The zero-order valence-corrected chi connectivity index (χ0v) is 33.2. The first-order valence-corrected chi connectivity index (χ1v) is 20.8. The third-order valence-electron chi connectivity index (χ3n) is 12.2. The Balaban J connectivity index is 1.03. The van der Waals surface area contributed by atoms with Gasteiger partial charge in [0.2, 0.25) is 0 Å². The van der Waals surface area contributed by atoms with E-state index in [-0.39, 0.29) is 0 Å². The van der Waals surface area contributed by atoms with Gasteiger partial charge in [-0.1, -0.05) is 152 Å². The van der Waals surface area contributed by atoms with E-state index in [4.69, 9.17) is 4.42 Å². The van der Waals surface area contributed by atoms with Crippen LogP contribution in [-0.2, 0) is 0 Å². The lowest BCUT2D eigenvalue weighted by atomic mass is 9.93. The average molecular weight is 779 g/mol. The zero-order chi connectivity index (χ0) is 40.3. The van der Waals surface area contributed by atoms with Gasteiger partial charge in [-0.2, -0.15) is 0 Å². The van der Waals surface area contributed by atoms with Crippen molar-refractivity contribution >= 4 is 71.6 Å². The monoisotopic (exact) mass is 778 g/mol. The van der Waals surface area contributed by atoms with E-state index in [0.717, 1.165) is 44.7 Å². The van der Waals surface area contributed by atoms with Gasteiger partial charge >= 0.3 is 0 Å². The molecule has 0 fully saturated rings. The Morgan fingerprint density at radius 2 is 0.918 bits per heavy atom. The summed E-state index contributed by atoms with van der Waals surface area (Å²) in [6.07, 6.45) is 0. The van der Waals surface area contributed by atoms with Crippen LogP contribution in [0.5, 0.6) is 0 Å². The van der Waals surface area contributed by atoms with E-state index in [1.807, 2.05) is 12.1 Å². The lowest BCUT2D eigenvalue weighted by Crippen LogP contribution is -2.10. The highest BCUT2D eigenvalue weighted by Crippen LogP contribution is 2.44. The molecule has 0 N–H and O–H groups in total. The van der Waals surface area contributed by atoms with Gasteiger partial charge in [0.25, 0.3) is 0 Å². The average Bonchev–Trinajstić information content (AvgIpc) is 3.88. The highest BCUT2D eigenvalue weighted by molar-refractivity contribution is 6.16. The molecule has 61 heavy (non-hydrogen) atoms. The zero-order valence-electron chi connectivity index (χ0n) is 33.2. The Labute approximate surface area is 353 Å². The second-order valence-electron chi connectivity index (χ2n) is 15.7. The Hall–Kier alpha value is -8.14. The Morgan fingerprint density at radius 3 is 1.74 bits per heavy atom. The van der Waals surface area contributed by atoms with Gasteiger partial charge in [0.15, 0.2) is 0 Å². The van der Waals surface area contributed by atoms with E-state index in [0.29, 0.717) is 0 Å². The summed E-state index contributed by atoms with van der Waals surface area (Å²) in [6, 6.07) is 83.0. The third kappa shape index (κ3) is 5.90. The number of anilines is 3. The largest absolute Gasteiger partial charge is 0.456 e. The van der Waals surface area contributed by atoms with Crippen LogP contribution in [-0.4, -0.2) is 4.57 Å². The number of nitrogens with zero attached hydrogens (tertiary/aromatic N) is 2. The van der Waals surface area contributed by atoms with Crippen molar-refractivity contribution in [3.05, 3.63) is 231 Å². The number of rotatable bonds is 7. The number of furan rings is 1. The summed E-state index contributed by atoms with van der Waals surface area (Å²) < 4.78 is 8.68. The van der Waals surface area contributed by atoms with Gasteiger partial charge < -0.3 is 13.9 Å². The maximum absolute atomic E-state index is 6.30. The molecule has 0 aliphatic heterocycles. The third-order valence-corrected chi connectivity index (χ3v) is 12.2. The summed E-state index contributed by atoms with van der Waals surface area (Å²) in [5.74, 6) is 0.